The van der Waals surface area contributed by atoms with Gasteiger partial charge in [0.2, 0.25) is 0 Å². The summed E-state index contributed by atoms with van der Waals surface area (Å²) in [5.41, 5.74) is 12.5. The van der Waals surface area contributed by atoms with Crippen molar-refractivity contribution >= 4 is 11.8 Å². The second-order valence-electron chi connectivity index (χ2n) is 21.2. The van der Waals surface area contributed by atoms with E-state index in [0.717, 1.165) is 72.2 Å². The molecule has 9 N–H and O–H groups in total. The third-order valence-electron chi connectivity index (χ3n) is 16.1. The Balaban J connectivity index is 1.20. The number of aliphatic hydroxyl groups is 3. The fourth-order valence-corrected chi connectivity index (χ4v) is 12.4. The van der Waals surface area contributed by atoms with Crippen LogP contribution in [-0.2, 0) is 24.1 Å². The average Bonchev–Trinajstić information content (AvgIpc) is 3.86. The topological polar surface area (TPSA) is 193 Å². The molecule has 0 radical (unpaired) electrons. The lowest BCUT2D eigenvalue weighted by molar-refractivity contribution is -0.150. The second kappa shape index (κ2) is 22.6. The Morgan fingerprint density at radius 3 is 2.34 bits per heavy atom. The Morgan fingerprint density at radius 1 is 0.881 bits per heavy atom. The number of phenolic OH excluding ortho intramolecular Hbond substituents is 2. The number of nitrogens with one attached hydrogen (secondary N) is 1. The van der Waals surface area contributed by atoms with E-state index in [1.165, 1.54) is 30.9 Å². The third-order valence-corrected chi connectivity index (χ3v) is 16.1. The summed E-state index contributed by atoms with van der Waals surface area (Å²) in [7, 11) is 0. The van der Waals surface area contributed by atoms with Crippen molar-refractivity contribution in [2.45, 2.75) is 173 Å². The van der Waals surface area contributed by atoms with Gasteiger partial charge in [0.15, 0.2) is 0 Å². The minimum atomic E-state index is -1.16. The number of carbonyl (C=O) groups is 1. The molecule has 2 heterocycles. The number of anilines is 1. The Bertz CT molecular complexity index is 2270. The molecule has 7 rings (SSSR count). The molecular formula is C57H79N3O7. The van der Waals surface area contributed by atoms with E-state index in [0.29, 0.717) is 68.2 Å². The number of carboxylic acids is 1. The highest BCUT2D eigenvalue weighted by Crippen LogP contribution is 2.54. The zero-order valence-corrected chi connectivity index (χ0v) is 40.5. The first-order valence-electron chi connectivity index (χ1n) is 25.7. The number of aliphatic carboxylic acids is 1. The van der Waals surface area contributed by atoms with Crippen LogP contribution in [0.25, 0.3) is 11.3 Å². The quantitative estimate of drug-likeness (QED) is 0.0354. The lowest BCUT2D eigenvalue weighted by Crippen LogP contribution is -2.42. The van der Waals surface area contributed by atoms with Crippen molar-refractivity contribution in [2.75, 3.05) is 5.73 Å². The van der Waals surface area contributed by atoms with Gasteiger partial charge in [-0.3, -0.25) is 4.79 Å². The number of aliphatic hydroxyl groups excluding tert-OH is 2. The molecule has 10 nitrogen and oxygen atoms in total. The highest BCUT2D eigenvalue weighted by molar-refractivity contribution is 5.73. The summed E-state index contributed by atoms with van der Waals surface area (Å²) in [6, 6.07) is 17.7. The van der Waals surface area contributed by atoms with Gasteiger partial charge in [-0.15, -0.1) is 0 Å². The molecule has 2 aromatic heterocycles. The van der Waals surface area contributed by atoms with Crippen LogP contribution in [0.4, 0.5) is 5.82 Å². The first-order chi connectivity index (χ1) is 32.2. The number of aryl methyl sites for hydroxylation is 1. The van der Waals surface area contributed by atoms with E-state index in [-0.39, 0.29) is 60.0 Å². The molecule has 2 fully saturated rings. The van der Waals surface area contributed by atoms with E-state index in [4.69, 9.17) is 5.73 Å². The number of unbranched alkanes of at least 4 members (excludes halogenated alkanes) is 3. The Morgan fingerprint density at radius 2 is 1.64 bits per heavy atom. The first kappa shape index (κ1) is 50.2. The number of nitrogens with two attached hydrogens (primary N) is 1. The maximum atomic E-state index is 13.2. The number of nitrogens with zero attached hydrogens (tertiary/aromatic N) is 1. The SMILES string of the molecule is CCCCC[C@@H]1C=C[C@@H](CCCC[C@H]2CC[C@@H](c3cc(CC)c(-c4cc(O)cc(O)c4Cc4ccc(C(C)C)cc4)[nH]3)[C@@H]3C[C@H](Cc4ccnc(N)c4)C[C@@]3(O)CC[C@H](O)[C@H]2C(=O)O)[C@H](O)C1. The minimum Gasteiger partial charge on any atom is -0.508 e. The van der Waals surface area contributed by atoms with Crippen molar-refractivity contribution < 1.29 is 35.4 Å². The predicted molar refractivity (Wildman–Crippen MR) is 267 cm³/mol. The van der Waals surface area contributed by atoms with Gasteiger partial charge in [-0.1, -0.05) is 96.2 Å². The molecule has 4 aromatic rings. The number of hydrogen-bond acceptors (Lipinski definition) is 8. The van der Waals surface area contributed by atoms with Crippen molar-refractivity contribution in [2.24, 2.45) is 35.5 Å². The van der Waals surface area contributed by atoms with Gasteiger partial charge in [-0.05, 0) is 153 Å². The first-order valence-corrected chi connectivity index (χ1v) is 25.7. The van der Waals surface area contributed by atoms with Crippen LogP contribution < -0.4 is 5.73 Å². The molecule has 10 heteroatoms. The van der Waals surface area contributed by atoms with E-state index in [1.807, 2.05) is 12.1 Å². The molecule has 0 unspecified atom stereocenters. The lowest BCUT2D eigenvalue weighted by atomic mass is 9.69. The fraction of sp³-hybridized carbons (Fsp3) is 0.579. The molecule has 0 spiro atoms. The number of nitrogen functional groups attached to an aromatic ring is 1. The number of pyridine rings is 1. The number of rotatable bonds is 18. The van der Waals surface area contributed by atoms with E-state index in [2.05, 4.69) is 80.1 Å². The molecule has 0 aliphatic heterocycles. The zero-order chi connectivity index (χ0) is 47.8. The Hall–Kier alpha value is -4.64. The highest BCUT2D eigenvalue weighted by atomic mass is 16.4. The molecule has 2 saturated carbocycles. The van der Waals surface area contributed by atoms with Gasteiger partial charge in [-0.2, -0.15) is 0 Å². The number of carboxylic acid groups (broad SMARTS) is 1. The summed E-state index contributed by atoms with van der Waals surface area (Å²) < 4.78 is 0. The van der Waals surface area contributed by atoms with E-state index >= 15 is 0 Å². The maximum absolute atomic E-state index is 13.2. The zero-order valence-electron chi connectivity index (χ0n) is 40.5. The number of aromatic amines is 1. The van der Waals surface area contributed by atoms with E-state index < -0.39 is 23.6 Å². The Labute approximate surface area is 399 Å². The molecule has 2 aromatic carbocycles. The van der Waals surface area contributed by atoms with Crippen LogP contribution in [0.2, 0.25) is 0 Å². The van der Waals surface area contributed by atoms with Crippen molar-refractivity contribution in [3.05, 3.63) is 106 Å². The second-order valence-corrected chi connectivity index (χ2v) is 21.2. The number of hydrogen-bond donors (Lipinski definition) is 8. The molecule has 3 aliphatic rings. The average molecular weight is 918 g/mol. The van der Waals surface area contributed by atoms with Gasteiger partial charge >= 0.3 is 5.97 Å². The normalized spacial score (nSPS) is 27.9. The van der Waals surface area contributed by atoms with Gasteiger partial charge in [-0.25, -0.2) is 4.98 Å². The summed E-state index contributed by atoms with van der Waals surface area (Å²) in [5, 5.41) is 69.0. The molecule has 67 heavy (non-hydrogen) atoms. The van der Waals surface area contributed by atoms with E-state index in [9.17, 15) is 35.4 Å². The van der Waals surface area contributed by atoms with Gasteiger partial charge in [0.25, 0.3) is 0 Å². The number of allylic oxidation sites excluding steroid dienone is 1. The van der Waals surface area contributed by atoms with Gasteiger partial charge < -0.3 is 41.4 Å². The number of H-pyrrole nitrogens is 1. The van der Waals surface area contributed by atoms with Crippen molar-refractivity contribution in [1.29, 1.82) is 0 Å². The van der Waals surface area contributed by atoms with Crippen molar-refractivity contribution in [3.63, 3.8) is 0 Å². The van der Waals surface area contributed by atoms with Crippen LogP contribution in [0.1, 0.15) is 169 Å². The molecule has 10 atom stereocenters. The summed E-state index contributed by atoms with van der Waals surface area (Å²) in [4.78, 5) is 21.2. The van der Waals surface area contributed by atoms with Crippen LogP contribution in [0.15, 0.2) is 72.9 Å². The standard InChI is InChI=1S/C57H79N3O7/c1-5-7-8-11-36-16-19-42(51(63)29-36)12-9-10-13-43-20-21-45(48-28-39(26-38-23-25-59-53(58)30-38)34-57(48,67)24-22-50(62)54(43)56(65)66)49-31-40(6-2)55(60-49)47-32-44(61)33-52(64)46(47)27-37-14-17-41(18-15-37)35(3)4/h14-19,23,25,30-33,35-36,39,42-43,45,48,50-51,54,60-64,67H,5-13,20-22,24,26-29,34H2,1-4H3,(H2,58,59)(H,65,66)/t36-,39+,42-,43+,45-,48+,50+,51-,54+,57+/m1/s1. The van der Waals surface area contributed by atoms with Crippen molar-refractivity contribution in [3.8, 4) is 22.8 Å². The maximum Gasteiger partial charge on any atom is 0.309 e. The number of phenols is 2. The monoisotopic (exact) mass is 918 g/mol. The molecule has 364 valence electrons. The lowest BCUT2D eigenvalue weighted by Gasteiger charge is -2.40. The van der Waals surface area contributed by atoms with Gasteiger partial charge in [0, 0.05) is 53.0 Å². The minimum absolute atomic E-state index is 0.0197. The molecule has 0 saturated heterocycles. The number of aromatic hydroxyl groups is 2. The summed E-state index contributed by atoms with van der Waals surface area (Å²) in [5.74, 6) is -1.14. The molecule has 0 bridgehead atoms. The summed E-state index contributed by atoms with van der Waals surface area (Å²) in [6.45, 7) is 8.64. The van der Waals surface area contributed by atoms with Gasteiger partial charge in [0.1, 0.15) is 17.3 Å². The predicted octanol–water partition coefficient (Wildman–Crippen LogP) is 11.4. The number of aromatic nitrogens is 2. The third kappa shape index (κ3) is 12.3. The Kier molecular flexibility index (Phi) is 17.0. The molecule has 3 aliphatic carbocycles. The van der Waals surface area contributed by atoms with Crippen LogP contribution in [0, 0.1) is 35.5 Å². The fourth-order valence-electron chi connectivity index (χ4n) is 12.4. The molecule has 0 amide bonds. The smallest absolute Gasteiger partial charge is 0.309 e. The largest absolute Gasteiger partial charge is 0.508 e. The van der Waals surface area contributed by atoms with Crippen LogP contribution in [0.5, 0.6) is 11.5 Å². The van der Waals surface area contributed by atoms with Crippen LogP contribution in [-0.4, -0.2) is 64.4 Å². The van der Waals surface area contributed by atoms with Gasteiger partial charge in [0.05, 0.1) is 23.7 Å². The van der Waals surface area contributed by atoms with E-state index in [1.54, 1.807) is 12.3 Å². The number of benzene rings is 2. The molecular weight excluding hydrogens is 839 g/mol. The van der Waals surface area contributed by atoms with Crippen LogP contribution in [0.3, 0.4) is 0 Å². The highest BCUT2D eigenvalue weighted by Gasteiger charge is 2.51. The summed E-state index contributed by atoms with van der Waals surface area (Å²) >= 11 is 0. The van der Waals surface area contributed by atoms with Crippen LogP contribution >= 0.6 is 0 Å². The number of fused-ring (bicyclic) bond motifs is 1. The van der Waals surface area contributed by atoms with Crippen molar-refractivity contribution in [1.82, 2.24) is 9.97 Å². The summed E-state index contributed by atoms with van der Waals surface area (Å²) in [6.07, 6.45) is 18.2.